The van der Waals surface area contributed by atoms with Crippen molar-refractivity contribution in [1.82, 2.24) is 4.90 Å². The third-order valence-corrected chi connectivity index (χ3v) is 5.65. The Bertz CT molecular complexity index is 445. The molecule has 0 fully saturated rings. The number of rotatable bonds is 7. The Balaban J connectivity index is 1.94. The molecule has 5 atom stereocenters. The van der Waals surface area contributed by atoms with E-state index in [1.807, 2.05) is 12.3 Å². The van der Waals surface area contributed by atoms with E-state index in [0.29, 0.717) is 19.5 Å². The van der Waals surface area contributed by atoms with Gasteiger partial charge in [0.05, 0.1) is 0 Å². The standard InChI is InChI=1S/C15H23FN2O2S2/c1-3-18(6-4-12(21)10(2)16)15(19)13-14(20-9-17-13)11-5-7-22-8-11/h5,7,9-14,21H,3-4,6,8H2,1-2H3/t10?,11?,12-,13+,14-/m0/s1. The Morgan fingerprint density at radius 3 is 3.00 bits per heavy atom. The summed E-state index contributed by atoms with van der Waals surface area (Å²) in [6.07, 6.45) is 2.79. The normalized spacial score (nSPS) is 29.4. The molecule has 0 aromatic carbocycles. The van der Waals surface area contributed by atoms with Crippen LogP contribution in [-0.2, 0) is 9.53 Å². The number of ether oxygens (including phenoxy) is 1. The third-order valence-electron chi connectivity index (χ3n) is 4.05. The predicted molar refractivity (Wildman–Crippen MR) is 92.5 cm³/mol. The van der Waals surface area contributed by atoms with Crippen molar-refractivity contribution in [3.63, 3.8) is 0 Å². The lowest BCUT2D eigenvalue weighted by Crippen LogP contribution is -2.46. The van der Waals surface area contributed by atoms with Gasteiger partial charge < -0.3 is 9.64 Å². The van der Waals surface area contributed by atoms with Crippen LogP contribution >= 0.6 is 24.4 Å². The molecule has 0 bridgehead atoms. The van der Waals surface area contributed by atoms with Crippen molar-refractivity contribution in [3.8, 4) is 0 Å². The van der Waals surface area contributed by atoms with Gasteiger partial charge in [0, 0.05) is 30.0 Å². The molecule has 4 nitrogen and oxygen atoms in total. The zero-order valence-electron chi connectivity index (χ0n) is 12.9. The average molecular weight is 346 g/mol. The van der Waals surface area contributed by atoms with Crippen LogP contribution in [0.5, 0.6) is 0 Å². The summed E-state index contributed by atoms with van der Waals surface area (Å²) >= 11 is 5.95. The van der Waals surface area contributed by atoms with E-state index in [4.69, 9.17) is 4.74 Å². The van der Waals surface area contributed by atoms with Gasteiger partial charge in [-0.05, 0) is 25.7 Å². The smallest absolute Gasteiger partial charge is 0.251 e. The maximum atomic E-state index is 13.2. The van der Waals surface area contributed by atoms with E-state index >= 15 is 0 Å². The fourth-order valence-corrected chi connectivity index (χ4v) is 3.64. The van der Waals surface area contributed by atoms with Crippen LogP contribution in [0.1, 0.15) is 20.3 Å². The van der Waals surface area contributed by atoms with Crippen LogP contribution < -0.4 is 0 Å². The van der Waals surface area contributed by atoms with Crippen molar-refractivity contribution in [2.45, 2.75) is 43.8 Å². The number of hydrogen-bond acceptors (Lipinski definition) is 5. The van der Waals surface area contributed by atoms with Crippen molar-refractivity contribution < 1.29 is 13.9 Å². The molecule has 0 saturated heterocycles. The fraction of sp³-hybridized carbons (Fsp3) is 0.733. The highest BCUT2D eigenvalue weighted by molar-refractivity contribution is 8.02. The quantitative estimate of drug-likeness (QED) is 0.721. The van der Waals surface area contributed by atoms with Gasteiger partial charge in [-0.15, -0.1) is 11.8 Å². The van der Waals surface area contributed by atoms with Gasteiger partial charge in [-0.1, -0.05) is 6.08 Å². The molecule has 0 saturated carbocycles. The molecule has 0 radical (unpaired) electrons. The van der Waals surface area contributed by atoms with Crippen LogP contribution in [0, 0.1) is 5.92 Å². The molecular formula is C15H23FN2O2S2. The zero-order chi connectivity index (χ0) is 16.1. The molecule has 2 aliphatic heterocycles. The van der Waals surface area contributed by atoms with E-state index in [2.05, 4.69) is 23.7 Å². The molecule has 0 spiro atoms. The Morgan fingerprint density at radius 1 is 1.64 bits per heavy atom. The van der Waals surface area contributed by atoms with Gasteiger partial charge in [0.25, 0.3) is 5.91 Å². The summed E-state index contributed by atoms with van der Waals surface area (Å²) in [5.41, 5.74) is 0. The number of carbonyl (C=O) groups excluding carboxylic acids is 1. The van der Waals surface area contributed by atoms with Crippen molar-refractivity contribution >= 4 is 36.7 Å². The second kappa shape index (κ2) is 8.24. The molecule has 0 N–H and O–H groups in total. The number of halogens is 1. The van der Waals surface area contributed by atoms with Crippen LogP contribution in [0.15, 0.2) is 16.5 Å². The lowest BCUT2D eigenvalue weighted by atomic mass is 9.97. The first-order chi connectivity index (χ1) is 10.5. The molecule has 7 heteroatoms. The molecule has 0 aromatic rings. The van der Waals surface area contributed by atoms with Gasteiger partial charge in [-0.3, -0.25) is 4.79 Å². The van der Waals surface area contributed by atoms with Gasteiger partial charge in [0.15, 0.2) is 12.4 Å². The maximum Gasteiger partial charge on any atom is 0.251 e. The van der Waals surface area contributed by atoms with Crippen molar-refractivity contribution in [1.29, 1.82) is 0 Å². The van der Waals surface area contributed by atoms with Gasteiger partial charge in [0.2, 0.25) is 0 Å². The molecule has 22 heavy (non-hydrogen) atoms. The highest BCUT2D eigenvalue weighted by atomic mass is 32.2. The molecule has 2 rings (SSSR count). The fourth-order valence-electron chi connectivity index (χ4n) is 2.58. The molecular weight excluding hydrogens is 323 g/mol. The van der Waals surface area contributed by atoms with Crippen LogP contribution in [0.4, 0.5) is 4.39 Å². The second-order valence-electron chi connectivity index (χ2n) is 5.58. The van der Waals surface area contributed by atoms with Crippen LogP contribution in [-0.4, -0.2) is 59.6 Å². The van der Waals surface area contributed by atoms with Gasteiger partial charge >= 0.3 is 0 Å². The van der Waals surface area contributed by atoms with Gasteiger partial charge in [0.1, 0.15) is 12.3 Å². The Hall–Kier alpha value is -0.690. The maximum absolute atomic E-state index is 13.2. The number of alkyl halides is 1. The van der Waals surface area contributed by atoms with E-state index in [1.165, 1.54) is 13.3 Å². The van der Waals surface area contributed by atoms with E-state index in [1.54, 1.807) is 16.7 Å². The topological polar surface area (TPSA) is 41.9 Å². The summed E-state index contributed by atoms with van der Waals surface area (Å²) in [5.74, 6) is 1.09. The van der Waals surface area contributed by atoms with Gasteiger partial charge in [-0.2, -0.15) is 12.6 Å². The summed E-state index contributed by atoms with van der Waals surface area (Å²) in [7, 11) is 0. The molecule has 1 amide bonds. The minimum Gasteiger partial charge on any atom is -0.477 e. The minimum atomic E-state index is -0.988. The summed E-state index contributed by atoms with van der Waals surface area (Å²) < 4.78 is 18.7. The van der Waals surface area contributed by atoms with E-state index in [9.17, 15) is 9.18 Å². The molecule has 2 heterocycles. The van der Waals surface area contributed by atoms with Crippen molar-refractivity contribution in [2.24, 2.45) is 10.9 Å². The Labute approximate surface area is 141 Å². The number of thioether (sulfide) groups is 1. The zero-order valence-corrected chi connectivity index (χ0v) is 14.6. The van der Waals surface area contributed by atoms with E-state index in [0.717, 1.165) is 5.75 Å². The SMILES string of the molecule is CCN(CC[C@H](S)C(C)F)C(=O)[C@@H]1N=CO[C@H]1C1C=CSC1. The number of thiol groups is 1. The van der Waals surface area contributed by atoms with Crippen molar-refractivity contribution in [2.75, 3.05) is 18.8 Å². The average Bonchev–Trinajstić information content (AvgIpc) is 3.17. The van der Waals surface area contributed by atoms with E-state index in [-0.39, 0.29) is 23.2 Å². The van der Waals surface area contributed by atoms with Crippen molar-refractivity contribution in [3.05, 3.63) is 11.5 Å². The Morgan fingerprint density at radius 2 is 2.41 bits per heavy atom. The lowest BCUT2D eigenvalue weighted by molar-refractivity contribution is -0.134. The first-order valence-corrected chi connectivity index (χ1v) is 9.17. The van der Waals surface area contributed by atoms with Crippen LogP contribution in [0.3, 0.4) is 0 Å². The number of likely N-dealkylation sites (N-methyl/N-ethyl adjacent to an activating group) is 1. The monoisotopic (exact) mass is 346 g/mol. The number of carbonyl (C=O) groups is 1. The lowest BCUT2D eigenvalue weighted by Gasteiger charge is -2.28. The number of nitrogens with zero attached hydrogens (tertiary/aromatic N) is 2. The first kappa shape index (κ1) is 17.7. The largest absolute Gasteiger partial charge is 0.477 e. The van der Waals surface area contributed by atoms with Crippen LogP contribution in [0.2, 0.25) is 0 Å². The molecule has 0 aromatic heterocycles. The first-order valence-electron chi connectivity index (χ1n) is 7.61. The summed E-state index contributed by atoms with van der Waals surface area (Å²) in [4.78, 5) is 18.6. The second-order valence-corrected chi connectivity index (χ2v) is 7.18. The number of amides is 1. The number of hydrogen-bond donors (Lipinski definition) is 1. The van der Waals surface area contributed by atoms with Gasteiger partial charge in [-0.25, -0.2) is 9.38 Å². The highest BCUT2D eigenvalue weighted by Gasteiger charge is 2.40. The Kier molecular flexibility index (Phi) is 6.62. The molecule has 2 aliphatic rings. The minimum absolute atomic E-state index is 0.0430. The highest BCUT2D eigenvalue weighted by Crippen LogP contribution is 2.30. The van der Waals surface area contributed by atoms with E-state index < -0.39 is 12.2 Å². The molecule has 124 valence electrons. The summed E-state index contributed by atoms with van der Waals surface area (Å²) in [6.45, 7) is 4.48. The molecule has 2 unspecified atom stereocenters. The molecule has 0 aliphatic carbocycles. The van der Waals surface area contributed by atoms with Crippen LogP contribution in [0.25, 0.3) is 0 Å². The third kappa shape index (κ3) is 4.19. The number of aliphatic imine (C=N–C) groups is 1. The summed E-state index contributed by atoms with van der Waals surface area (Å²) in [5, 5.41) is 1.69. The summed E-state index contributed by atoms with van der Waals surface area (Å²) in [6, 6.07) is -0.491. The predicted octanol–water partition coefficient (Wildman–Crippen LogP) is 2.55.